The van der Waals surface area contributed by atoms with Gasteiger partial charge in [0.05, 0.1) is 17.5 Å². The van der Waals surface area contributed by atoms with Crippen LogP contribution in [-0.4, -0.2) is 15.9 Å². The van der Waals surface area contributed by atoms with Crippen LogP contribution in [0.1, 0.15) is 18.1 Å². The van der Waals surface area contributed by atoms with Crippen LogP contribution in [-0.2, 0) is 17.6 Å². The van der Waals surface area contributed by atoms with E-state index in [1.54, 1.807) is 6.07 Å². The number of fused-ring (bicyclic) bond motifs is 1. The number of amides is 1. The second-order valence-electron chi connectivity index (χ2n) is 5.19. The predicted octanol–water partition coefficient (Wildman–Crippen LogP) is 2.60. The maximum atomic E-state index is 12.2. The number of hydrogen-bond acceptors (Lipinski definition) is 2. The minimum atomic E-state index is -0.242. The first-order chi connectivity index (χ1) is 10.7. The second-order valence-corrected chi connectivity index (χ2v) is 5.19. The quantitative estimate of drug-likeness (QED) is 0.692. The van der Waals surface area contributed by atoms with Crippen molar-refractivity contribution < 1.29 is 4.79 Å². The summed E-state index contributed by atoms with van der Waals surface area (Å²) < 4.78 is 0. The number of hydrogen-bond donors (Lipinski definition) is 3. The van der Waals surface area contributed by atoms with E-state index in [1.807, 2.05) is 36.4 Å². The molecule has 1 amide bonds. The number of anilines is 1. The minimum absolute atomic E-state index is 0.0712. The van der Waals surface area contributed by atoms with Crippen molar-refractivity contribution in [2.75, 3.05) is 5.32 Å². The number of rotatable bonds is 4. The fraction of sp³-hybridized carbons (Fsp3) is 0.176. The molecule has 0 fully saturated rings. The van der Waals surface area contributed by atoms with E-state index in [1.165, 1.54) is 0 Å². The zero-order valence-corrected chi connectivity index (χ0v) is 12.3. The summed E-state index contributed by atoms with van der Waals surface area (Å²) in [7, 11) is 0. The lowest BCUT2D eigenvalue weighted by molar-refractivity contribution is -0.115. The molecule has 5 heteroatoms. The van der Waals surface area contributed by atoms with E-state index in [-0.39, 0.29) is 18.0 Å². The number of carbonyl (C=O) groups is 1. The average Bonchev–Trinajstić information content (AvgIpc) is 2.87. The van der Waals surface area contributed by atoms with Crippen molar-refractivity contribution in [3.8, 4) is 0 Å². The average molecular weight is 295 g/mol. The summed E-state index contributed by atoms with van der Waals surface area (Å²) in [6.07, 6.45) is 1.13. The van der Waals surface area contributed by atoms with Gasteiger partial charge in [-0.3, -0.25) is 4.79 Å². The Morgan fingerprint density at radius 3 is 2.68 bits per heavy atom. The third kappa shape index (κ3) is 2.93. The van der Waals surface area contributed by atoms with E-state index >= 15 is 0 Å². The first-order valence-corrected chi connectivity index (χ1v) is 7.24. The van der Waals surface area contributed by atoms with Gasteiger partial charge >= 0.3 is 5.69 Å². The van der Waals surface area contributed by atoms with Gasteiger partial charge in [-0.25, -0.2) is 4.79 Å². The fourth-order valence-corrected chi connectivity index (χ4v) is 2.52. The third-order valence-electron chi connectivity index (χ3n) is 3.62. The molecule has 3 aromatic rings. The fourth-order valence-electron chi connectivity index (χ4n) is 2.52. The number of imidazole rings is 1. The molecule has 3 rings (SSSR count). The Morgan fingerprint density at radius 2 is 1.86 bits per heavy atom. The molecule has 1 aromatic heterocycles. The number of carbonyl (C=O) groups excluding carboxylic acids is 1. The van der Waals surface area contributed by atoms with Gasteiger partial charge in [0.15, 0.2) is 0 Å². The monoisotopic (exact) mass is 295 g/mol. The van der Waals surface area contributed by atoms with Crippen molar-refractivity contribution in [2.24, 2.45) is 0 Å². The summed E-state index contributed by atoms with van der Waals surface area (Å²) in [4.78, 5) is 28.8. The van der Waals surface area contributed by atoms with E-state index in [0.717, 1.165) is 28.8 Å². The molecule has 2 aromatic carbocycles. The van der Waals surface area contributed by atoms with Crippen molar-refractivity contribution in [3.63, 3.8) is 0 Å². The van der Waals surface area contributed by atoms with Crippen LogP contribution in [0.4, 0.5) is 5.69 Å². The molecule has 0 aliphatic heterocycles. The highest BCUT2D eigenvalue weighted by atomic mass is 16.1. The Balaban J connectivity index is 1.76. The van der Waals surface area contributed by atoms with Gasteiger partial charge in [-0.1, -0.05) is 31.2 Å². The lowest BCUT2D eigenvalue weighted by Crippen LogP contribution is -2.15. The zero-order valence-electron chi connectivity index (χ0n) is 12.3. The largest absolute Gasteiger partial charge is 0.326 e. The first kappa shape index (κ1) is 14.1. The van der Waals surface area contributed by atoms with Crippen LogP contribution in [0.15, 0.2) is 47.3 Å². The van der Waals surface area contributed by atoms with Crippen LogP contribution in [0.3, 0.4) is 0 Å². The molecule has 0 spiro atoms. The molecule has 112 valence electrons. The van der Waals surface area contributed by atoms with Crippen LogP contribution in [0.5, 0.6) is 0 Å². The Labute approximate surface area is 127 Å². The van der Waals surface area contributed by atoms with Crippen LogP contribution >= 0.6 is 0 Å². The lowest BCUT2D eigenvalue weighted by atomic mass is 10.1. The van der Waals surface area contributed by atoms with E-state index in [9.17, 15) is 9.59 Å². The van der Waals surface area contributed by atoms with E-state index in [4.69, 9.17) is 0 Å². The number of benzene rings is 2. The highest BCUT2D eigenvalue weighted by molar-refractivity contribution is 5.93. The Bertz CT molecular complexity index is 877. The van der Waals surface area contributed by atoms with Crippen molar-refractivity contribution >= 4 is 22.6 Å². The van der Waals surface area contributed by atoms with Gasteiger partial charge < -0.3 is 15.3 Å². The summed E-state index contributed by atoms with van der Waals surface area (Å²) in [5, 5.41) is 2.94. The van der Waals surface area contributed by atoms with Gasteiger partial charge in [-0.2, -0.15) is 0 Å². The van der Waals surface area contributed by atoms with Crippen LogP contribution in [0.2, 0.25) is 0 Å². The zero-order chi connectivity index (χ0) is 15.5. The van der Waals surface area contributed by atoms with E-state index < -0.39 is 0 Å². The summed E-state index contributed by atoms with van der Waals surface area (Å²) in [5.41, 5.74) is 4.03. The molecule has 0 bridgehead atoms. The normalized spacial score (nSPS) is 10.8. The summed E-state index contributed by atoms with van der Waals surface area (Å²) in [6, 6.07) is 13.2. The van der Waals surface area contributed by atoms with Crippen molar-refractivity contribution in [1.29, 1.82) is 0 Å². The molecule has 0 aliphatic carbocycles. The highest BCUT2D eigenvalue weighted by Gasteiger charge is 2.08. The molecule has 3 N–H and O–H groups in total. The van der Waals surface area contributed by atoms with Gasteiger partial charge in [0.2, 0.25) is 5.91 Å². The van der Waals surface area contributed by atoms with Crippen LogP contribution < -0.4 is 11.0 Å². The molecule has 0 unspecified atom stereocenters. The summed E-state index contributed by atoms with van der Waals surface area (Å²) >= 11 is 0. The molecule has 22 heavy (non-hydrogen) atoms. The van der Waals surface area contributed by atoms with Gasteiger partial charge in [0.25, 0.3) is 0 Å². The van der Waals surface area contributed by atoms with Gasteiger partial charge in [0, 0.05) is 5.69 Å². The molecule has 0 aliphatic rings. The van der Waals surface area contributed by atoms with Crippen molar-refractivity contribution in [3.05, 3.63) is 64.1 Å². The molecule has 1 heterocycles. The van der Waals surface area contributed by atoms with Gasteiger partial charge in [-0.05, 0) is 35.7 Å². The Hall–Kier alpha value is -2.82. The second kappa shape index (κ2) is 5.89. The molecular weight excluding hydrogens is 278 g/mol. The Kier molecular flexibility index (Phi) is 3.78. The number of H-pyrrole nitrogens is 2. The Morgan fingerprint density at radius 1 is 1.09 bits per heavy atom. The minimum Gasteiger partial charge on any atom is -0.326 e. The van der Waals surface area contributed by atoms with Crippen LogP contribution in [0.25, 0.3) is 11.0 Å². The number of nitrogens with one attached hydrogen (secondary N) is 3. The molecule has 0 saturated carbocycles. The maximum absolute atomic E-state index is 12.2. The molecule has 0 atom stereocenters. The maximum Gasteiger partial charge on any atom is 0.323 e. The summed E-state index contributed by atoms with van der Waals surface area (Å²) in [6.45, 7) is 2.06. The standard InChI is InChI=1S/C17H17N3O2/c1-2-12-5-3-4-6-13(12)18-16(21)10-11-7-8-14-15(9-11)20-17(22)19-14/h3-9H,2,10H2,1H3,(H,18,21)(H2,19,20,22). The predicted molar refractivity (Wildman–Crippen MR) is 87.1 cm³/mol. The number of para-hydroxylation sites is 1. The third-order valence-corrected chi connectivity index (χ3v) is 3.62. The van der Waals surface area contributed by atoms with Gasteiger partial charge in [0.1, 0.15) is 0 Å². The highest BCUT2D eigenvalue weighted by Crippen LogP contribution is 2.16. The molecular formula is C17H17N3O2. The van der Waals surface area contributed by atoms with Gasteiger partial charge in [-0.15, -0.1) is 0 Å². The molecule has 0 saturated heterocycles. The SMILES string of the molecule is CCc1ccccc1NC(=O)Cc1ccc2[nH]c(=O)[nH]c2c1. The van der Waals surface area contributed by atoms with E-state index in [0.29, 0.717) is 5.52 Å². The smallest absolute Gasteiger partial charge is 0.323 e. The topological polar surface area (TPSA) is 77.8 Å². The summed E-state index contributed by atoms with van der Waals surface area (Å²) in [5.74, 6) is -0.0712. The lowest BCUT2D eigenvalue weighted by Gasteiger charge is -2.09. The number of aromatic amines is 2. The molecule has 0 radical (unpaired) electrons. The number of aryl methyl sites for hydroxylation is 1. The van der Waals surface area contributed by atoms with Crippen molar-refractivity contribution in [2.45, 2.75) is 19.8 Å². The van der Waals surface area contributed by atoms with Crippen LogP contribution in [0, 0.1) is 0 Å². The van der Waals surface area contributed by atoms with E-state index in [2.05, 4.69) is 22.2 Å². The van der Waals surface area contributed by atoms with Crippen molar-refractivity contribution in [1.82, 2.24) is 9.97 Å². The number of aromatic nitrogens is 2. The molecule has 5 nitrogen and oxygen atoms in total. The first-order valence-electron chi connectivity index (χ1n) is 7.24.